The standard InChI is InChI=1S/C18H17F4N3O3/c19-12-3-10-14(25(9-1-2-9)6-11(16(10)26)17(27)28)13(20)15(12)24-5-8(4-23)18(21,22)7-24/h3,6,8-9H,1-2,4-5,7,23H2,(H,27,28). The molecule has 1 atom stereocenters. The molecule has 4 rings (SSSR count). The second-order valence-corrected chi connectivity index (χ2v) is 7.31. The molecule has 0 spiro atoms. The van der Waals surface area contributed by atoms with Gasteiger partial charge in [0.1, 0.15) is 17.1 Å². The van der Waals surface area contributed by atoms with Gasteiger partial charge in [-0.15, -0.1) is 0 Å². The zero-order valence-electron chi connectivity index (χ0n) is 14.6. The van der Waals surface area contributed by atoms with Gasteiger partial charge in [0.05, 0.1) is 23.4 Å². The van der Waals surface area contributed by atoms with Crippen LogP contribution in [0.1, 0.15) is 29.2 Å². The van der Waals surface area contributed by atoms with Crippen LogP contribution < -0.4 is 16.1 Å². The average Bonchev–Trinajstić information content (AvgIpc) is 3.39. The third-order valence-electron chi connectivity index (χ3n) is 5.39. The Balaban J connectivity index is 1.96. The number of hydrogen-bond acceptors (Lipinski definition) is 4. The van der Waals surface area contributed by atoms with Crippen molar-refractivity contribution in [2.75, 3.05) is 24.5 Å². The van der Waals surface area contributed by atoms with Crippen LogP contribution in [0.2, 0.25) is 0 Å². The number of anilines is 1. The number of nitrogens with two attached hydrogens (primary N) is 1. The Labute approximate surface area is 156 Å². The molecular weight excluding hydrogens is 382 g/mol. The third-order valence-corrected chi connectivity index (χ3v) is 5.39. The van der Waals surface area contributed by atoms with Crippen LogP contribution in [0.3, 0.4) is 0 Å². The molecule has 2 fully saturated rings. The second kappa shape index (κ2) is 6.20. The number of nitrogens with zero attached hydrogens (tertiary/aromatic N) is 2. The smallest absolute Gasteiger partial charge is 0.341 e. The minimum Gasteiger partial charge on any atom is -0.477 e. The molecule has 1 saturated heterocycles. The van der Waals surface area contributed by atoms with Gasteiger partial charge in [0, 0.05) is 25.3 Å². The number of carboxylic acids is 1. The summed E-state index contributed by atoms with van der Waals surface area (Å²) in [5.41, 5.74) is 2.82. The summed E-state index contributed by atoms with van der Waals surface area (Å²) in [5, 5.41) is 8.80. The predicted molar refractivity (Wildman–Crippen MR) is 93.1 cm³/mol. The number of hydrogen-bond donors (Lipinski definition) is 2. The van der Waals surface area contributed by atoms with Crippen molar-refractivity contribution in [2.45, 2.75) is 24.8 Å². The molecule has 150 valence electrons. The highest BCUT2D eigenvalue weighted by atomic mass is 19.3. The highest BCUT2D eigenvalue weighted by Crippen LogP contribution is 2.42. The molecule has 1 saturated carbocycles. The van der Waals surface area contributed by atoms with Crippen molar-refractivity contribution in [3.63, 3.8) is 0 Å². The van der Waals surface area contributed by atoms with E-state index < -0.39 is 58.1 Å². The Bertz CT molecular complexity index is 1050. The zero-order valence-corrected chi connectivity index (χ0v) is 14.6. The maximum absolute atomic E-state index is 15.4. The van der Waals surface area contributed by atoms with Crippen molar-refractivity contribution in [3.05, 3.63) is 39.7 Å². The number of carbonyl (C=O) groups is 1. The number of carboxylic acid groups (broad SMARTS) is 1. The first kappa shape index (κ1) is 18.7. The Morgan fingerprint density at radius 1 is 1.32 bits per heavy atom. The Morgan fingerprint density at radius 2 is 2.00 bits per heavy atom. The number of halogens is 4. The fraction of sp³-hybridized carbons (Fsp3) is 0.444. The molecule has 1 aromatic carbocycles. The number of fused-ring (bicyclic) bond motifs is 1. The van der Waals surface area contributed by atoms with Gasteiger partial charge in [0.15, 0.2) is 5.82 Å². The summed E-state index contributed by atoms with van der Waals surface area (Å²) >= 11 is 0. The predicted octanol–water partition coefficient (Wildman–Crippen LogP) is 2.34. The van der Waals surface area contributed by atoms with Crippen LogP contribution in [0.15, 0.2) is 17.1 Å². The zero-order chi connectivity index (χ0) is 20.4. The molecule has 2 heterocycles. The fourth-order valence-corrected chi connectivity index (χ4v) is 3.78. The SMILES string of the molecule is NCC1CN(c2c(F)cc3c(=O)c(C(=O)O)cn(C4CC4)c3c2F)CC1(F)F. The van der Waals surface area contributed by atoms with E-state index in [0.29, 0.717) is 12.8 Å². The molecule has 1 unspecified atom stereocenters. The minimum absolute atomic E-state index is 0.231. The van der Waals surface area contributed by atoms with Gasteiger partial charge >= 0.3 is 5.97 Å². The molecule has 0 bridgehead atoms. The normalized spacial score (nSPS) is 21.5. The van der Waals surface area contributed by atoms with E-state index >= 15 is 4.39 Å². The monoisotopic (exact) mass is 399 g/mol. The molecule has 10 heteroatoms. The van der Waals surface area contributed by atoms with E-state index in [1.165, 1.54) is 4.57 Å². The molecule has 1 aliphatic carbocycles. The lowest BCUT2D eigenvalue weighted by Gasteiger charge is -2.22. The van der Waals surface area contributed by atoms with Gasteiger partial charge < -0.3 is 20.3 Å². The van der Waals surface area contributed by atoms with Crippen molar-refractivity contribution >= 4 is 22.6 Å². The number of aromatic nitrogens is 1. The van der Waals surface area contributed by atoms with E-state index in [2.05, 4.69) is 0 Å². The van der Waals surface area contributed by atoms with Crippen LogP contribution >= 0.6 is 0 Å². The Kier molecular flexibility index (Phi) is 4.14. The first-order valence-corrected chi connectivity index (χ1v) is 8.78. The highest BCUT2D eigenvalue weighted by Gasteiger charge is 2.48. The first-order valence-electron chi connectivity index (χ1n) is 8.78. The van der Waals surface area contributed by atoms with Gasteiger partial charge in [-0.2, -0.15) is 0 Å². The molecule has 3 N–H and O–H groups in total. The van der Waals surface area contributed by atoms with E-state index in [9.17, 15) is 27.9 Å². The van der Waals surface area contributed by atoms with Crippen LogP contribution in [0, 0.1) is 17.6 Å². The molecule has 0 radical (unpaired) electrons. The lowest BCUT2D eigenvalue weighted by Crippen LogP contribution is -2.32. The molecule has 2 aliphatic rings. The van der Waals surface area contributed by atoms with E-state index in [4.69, 9.17) is 5.73 Å². The second-order valence-electron chi connectivity index (χ2n) is 7.31. The average molecular weight is 399 g/mol. The van der Waals surface area contributed by atoms with Gasteiger partial charge in [-0.3, -0.25) is 4.79 Å². The Hall–Kier alpha value is -2.62. The van der Waals surface area contributed by atoms with E-state index in [1.807, 2.05) is 0 Å². The summed E-state index contributed by atoms with van der Waals surface area (Å²) in [5.74, 6) is -8.30. The van der Waals surface area contributed by atoms with E-state index in [-0.39, 0.29) is 24.6 Å². The number of aromatic carboxylic acids is 1. The summed E-state index contributed by atoms with van der Waals surface area (Å²) in [4.78, 5) is 24.7. The fourth-order valence-electron chi connectivity index (χ4n) is 3.78. The van der Waals surface area contributed by atoms with Gasteiger partial charge in [-0.05, 0) is 18.9 Å². The van der Waals surface area contributed by atoms with E-state index in [0.717, 1.165) is 17.2 Å². The summed E-state index contributed by atoms with van der Waals surface area (Å²) in [6.45, 7) is -1.56. The quantitative estimate of drug-likeness (QED) is 0.771. The van der Waals surface area contributed by atoms with Crippen molar-refractivity contribution < 1.29 is 27.5 Å². The molecule has 28 heavy (non-hydrogen) atoms. The molecule has 2 aromatic rings. The molecule has 0 amide bonds. The third kappa shape index (κ3) is 2.74. The molecule has 6 nitrogen and oxygen atoms in total. The maximum Gasteiger partial charge on any atom is 0.341 e. The number of benzene rings is 1. The molecule has 1 aromatic heterocycles. The van der Waals surface area contributed by atoms with Crippen molar-refractivity contribution in [3.8, 4) is 0 Å². The van der Waals surface area contributed by atoms with Crippen LogP contribution in [0.5, 0.6) is 0 Å². The lowest BCUT2D eigenvalue weighted by molar-refractivity contribution is -0.0171. The van der Waals surface area contributed by atoms with Crippen molar-refractivity contribution in [1.82, 2.24) is 4.57 Å². The van der Waals surface area contributed by atoms with Gasteiger partial charge in [-0.1, -0.05) is 0 Å². The number of rotatable bonds is 4. The first-order chi connectivity index (χ1) is 13.2. The van der Waals surface area contributed by atoms with Gasteiger partial charge in [0.25, 0.3) is 5.92 Å². The topological polar surface area (TPSA) is 88.6 Å². The number of pyridine rings is 1. The summed E-state index contributed by atoms with van der Waals surface area (Å²) in [7, 11) is 0. The number of alkyl halides is 2. The van der Waals surface area contributed by atoms with Crippen LogP contribution in [0.4, 0.5) is 23.2 Å². The summed E-state index contributed by atoms with van der Waals surface area (Å²) < 4.78 is 59.5. The van der Waals surface area contributed by atoms with Gasteiger partial charge in [-0.25, -0.2) is 22.4 Å². The van der Waals surface area contributed by atoms with Crippen LogP contribution in [0.25, 0.3) is 10.9 Å². The highest BCUT2D eigenvalue weighted by molar-refractivity contribution is 5.94. The van der Waals surface area contributed by atoms with Crippen LogP contribution in [-0.4, -0.2) is 41.2 Å². The summed E-state index contributed by atoms with van der Waals surface area (Å²) in [6, 6.07) is 0.501. The molecule has 1 aliphatic heterocycles. The van der Waals surface area contributed by atoms with Crippen LogP contribution in [-0.2, 0) is 0 Å². The van der Waals surface area contributed by atoms with Crippen molar-refractivity contribution in [2.24, 2.45) is 11.7 Å². The Morgan fingerprint density at radius 3 is 2.54 bits per heavy atom. The minimum atomic E-state index is -3.20. The maximum atomic E-state index is 15.4. The largest absolute Gasteiger partial charge is 0.477 e. The van der Waals surface area contributed by atoms with Crippen molar-refractivity contribution in [1.29, 1.82) is 0 Å². The molecular formula is C18H17F4N3O3. The summed E-state index contributed by atoms with van der Waals surface area (Å²) in [6.07, 6.45) is 2.32. The lowest BCUT2D eigenvalue weighted by atomic mass is 10.1. The van der Waals surface area contributed by atoms with E-state index in [1.54, 1.807) is 0 Å². The van der Waals surface area contributed by atoms with Gasteiger partial charge in [0.2, 0.25) is 5.43 Å².